The SMILES string of the molecule is CCCCCC1CCC(CCC2CCC(c3ccc(CCc4cc(F)c(Cl)c(F)c4)cc3)CC2)CC1. The third kappa shape index (κ3) is 8.04. The van der Waals surface area contributed by atoms with Crippen molar-refractivity contribution in [3.8, 4) is 0 Å². The Morgan fingerprint density at radius 3 is 1.72 bits per heavy atom. The minimum Gasteiger partial charge on any atom is -0.205 e. The fourth-order valence-corrected chi connectivity index (χ4v) is 6.85. The van der Waals surface area contributed by atoms with Crippen LogP contribution in [0.2, 0.25) is 5.02 Å². The van der Waals surface area contributed by atoms with Gasteiger partial charge in [-0.05, 0) is 91.0 Å². The molecule has 0 N–H and O–H groups in total. The average molecular weight is 515 g/mol. The first-order valence-corrected chi connectivity index (χ1v) is 15.1. The number of hydrogen-bond donors (Lipinski definition) is 0. The van der Waals surface area contributed by atoms with E-state index in [1.165, 1.54) is 113 Å². The first kappa shape index (κ1) is 27.6. The van der Waals surface area contributed by atoms with Crippen LogP contribution in [0.3, 0.4) is 0 Å². The maximum atomic E-state index is 13.7. The van der Waals surface area contributed by atoms with Crippen molar-refractivity contribution in [2.45, 2.75) is 116 Å². The number of unbranched alkanes of at least 4 members (excludes halogenated alkanes) is 2. The Labute approximate surface area is 223 Å². The van der Waals surface area contributed by atoms with E-state index in [0.717, 1.165) is 24.2 Å². The molecule has 0 saturated heterocycles. The van der Waals surface area contributed by atoms with Gasteiger partial charge in [0.25, 0.3) is 0 Å². The van der Waals surface area contributed by atoms with E-state index in [-0.39, 0.29) is 0 Å². The van der Waals surface area contributed by atoms with Crippen molar-refractivity contribution in [3.63, 3.8) is 0 Å². The minimum absolute atomic E-state index is 0.418. The van der Waals surface area contributed by atoms with Gasteiger partial charge in [0.1, 0.15) is 16.7 Å². The van der Waals surface area contributed by atoms with Crippen LogP contribution < -0.4 is 0 Å². The summed E-state index contributed by atoms with van der Waals surface area (Å²) in [5.74, 6) is 2.29. The van der Waals surface area contributed by atoms with E-state index in [9.17, 15) is 8.78 Å². The summed E-state index contributed by atoms with van der Waals surface area (Å²) in [6.45, 7) is 2.31. The minimum atomic E-state index is -0.678. The lowest BCUT2D eigenvalue weighted by Crippen LogP contribution is -2.17. The fraction of sp³-hybridized carbons (Fsp3) is 0.636. The molecule has 0 heterocycles. The molecule has 0 aromatic heterocycles. The summed E-state index contributed by atoms with van der Waals surface area (Å²) in [6, 6.07) is 11.6. The molecule has 2 aromatic rings. The first-order chi connectivity index (χ1) is 17.5. The molecular weight excluding hydrogens is 470 g/mol. The number of benzene rings is 2. The molecule has 0 nitrogen and oxygen atoms in total. The molecule has 2 aliphatic carbocycles. The standard InChI is InChI=1S/C33H45ClF2/c1-2-3-4-5-24-6-8-25(9-7-24)10-11-26-14-18-29(19-15-26)30-20-16-27(17-21-30)12-13-28-22-31(35)33(34)32(36)23-28/h16-17,20-26,29H,2-15,18-19H2,1H3. The molecule has 3 heteroatoms. The molecule has 0 atom stereocenters. The van der Waals surface area contributed by atoms with E-state index >= 15 is 0 Å². The Kier molecular flexibility index (Phi) is 10.7. The maximum absolute atomic E-state index is 13.7. The molecule has 198 valence electrons. The molecular formula is C33H45ClF2. The molecule has 0 spiro atoms. The molecule has 0 radical (unpaired) electrons. The van der Waals surface area contributed by atoms with Crippen molar-refractivity contribution < 1.29 is 8.78 Å². The van der Waals surface area contributed by atoms with Crippen LogP contribution in [0, 0.1) is 29.4 Å². The number of rotatable bonds is 11. The molecule has 4 rings (SSSR count). The summed E-state index contributed by atoms with van der Waals surface area (Å²) in [5, 5.41) is -0.418. The second-order valence-electron chi connectivity index (χ2n) is 11.8. The molecule has 2 aromatic carbocycles. The molecule has 2 fully saturated rings. The van der Waals surface area contributed by atoms with Gasteiger partial charge in [-0.3, -0.25) is 0 Å². The predicted octanol–water partition coefficient (Wildman–Crippen LogP) is 10.8. The average Bonchev–Trinajstić information content (AvgIpc) is 2.91. The van der Waals surface area contributed by atoms with Crippen molar-refractivity contribution in [1.82, 2.24) is 0 Å². The van der Waals surface area contributed by atoms with Crippen LogP contribution in [0.4, 0.5) is 8.78 Å². The third-order valence-corrected chi connectivity index (χ3v) is 9.57. The molecule has 0 amide bonds. The second-order valence-corrected chi connectivity index (χ2v) is 12.2. The van der Waals surface area contributed by atoms with Gasteiger partial charge in [-0.1, -0.05) is 107 Å². The summed E-state index contributed by atoms with van der Waals surface area (Å²) >= 11 is 5.59. The molecule has 0 unspecified atom stereocenters. The van der Waals surface area contributed by atoms with Gasteiger partial charge in [0.15, 0.2) is 0 Å². The zero-order valence-corrected chi connectivity index (χ0v) is 23.0. The summed E-state index contributed by atoms with van der Waals surface area (Å²) in [5.41, 5.74) is 3.32. The van der Waals surface area contributed by atoms with E-state index in [1.807, 2.05) is 0 Å². The van der Waals surface area contributed by atoms with E-state index in [1.54, 1.807) is 0 Å². The smallest absolute Gasteiger partial charge is 0.145 e. The highest BCUT2D eigenvalue weighted by molar-refractivity contribution is 6.30. The summed E-state index contributed by atoms with van der Waals surface area (Å²) in [6.07, 6.45) is 21.3. The van der Waals surface area contributed by atoms with Crippen molar-refractivity contribution in [3.05, 3.63) is 69.7 Å². The second kappa shape index (κ2) is 13.9. The van der Waals surface area contributed by atoms with Gasteiger partial charge in [0.2, 0.25) is 0 Å². The number of halogens is 3. The van der Waals surface area contributed by atoms with E-state index in [2.05, 4.69) is 31.2 Å². The van der Waals surface area contributed by atoms with Gasteiger partial charge in [0, 0.05) is 0 Å². The van der Waals surface area contributed by atoms with Gasteiger partial charge in [0.05, 0.1) is 0 Å². The Bertz CT molecular complexity index is 898. The summed E-state index contributed by atoms with van der Waals surface area (Å²) in [7, 11) is 0. The van der Waals surface area contributed by atoms with Crippen molar-refractivity contribution in [1.29, 1.82) is 0 Å². The van der Waals surface area contributed by atoms with Crippen LogP contribution in [-0.2, 0) is 12.8 Å². The highest BCUT2D eigenvalue weighted by atomic mass is 35.5. The van der Waals surface area contributed by atoms with Crippen molar-refractivity contribution in [2.75, 3.05) is 0 Å². The van der Waals surface area contributed by atoms with Crippen LogP contribution in [0.15, 0.2) is 36.4 Å². The molecule has 36 heavy (non-hydrogen) atoms. The molecule has 0 aliphatic heterocycles. The topological polar surface area (TPSA) is 0 Å². The Morgan fingerprint density at radius 1 is 0.667 bits per heavy atom. The largest absolute Gasteiger partial charge is 0.205 e. The van der Waals surface area contributed by atoms with Crippen LogP contribution in [-0.4, -0.2) is 0 Å². The van der Waals surface area contributed by atoms with Crippen LogP contribution >= 0.6 is 11.6 Å². The lowest BCUT2D eigenvalue weighted by molar-refractivity contribution is 0.222. The lowest BCUT2D eigenvalue weighted by Gasteiger charge is -2.32. The lowest BCUT2D eigenvalue weighted by atomic mass is 9.74. The summed E-state index contributed by atoms with van der Waals surface area (Å²) < 4.78 is 27.4. The fourth-order valence-electron chi connectivity index (χ4n) is 6.75. The molecule has 0 bridgehead atoms. The number of hydrogen-bond acceptors (Lipinski definition) is 0. The van der Waals surface area contributed by atoms with E-state index in [4.69, 9.17) is 11.6 Å². The van der Waals surface area contributed by atoms with Gasteiger partial charge >= 0.3 is 0 Å². The predicted molar refractivity (Wildman–Crippen MR) is 149 cm³/mol. The zero-order chi connectivity index (χ0) is 25.3. The first-order valence-electron chi connectivity index (χ1n) is 14.7. The maximum Gasteiger partial charge on any atom is 0.145 e. The highest BCUT2D eigenvalue weighted by Crippen LogP contribution is 2.40. The zero-order valence-electron chi connectivity index (χ0n) is 22.2. The molecule has 2 aliphatic rings. The Morgan fingerprint density at radius 2 is 1.17 bits per heavy atom. The van der Waals surface area contributed by atoms with Gasteiger partial charge in [-0.2, -0.15) is 0 Å². The Hall–Kier alpha value is -1.41. The van der Waals surface area contributed by atoms with Crippen molar-refractivity contribution in [2.24, 2.45) is 17.8 Å². The normalized spacial score (nSPS) is 24.7. The van der Waals surface area contributed by atoms with Crippen LogP contribution in [0.1, 0.15) is 119 Å². The summed E-state index contributed by atoms with van der Waals surface area (Å²) in [4.78, 5) is 0. The van der Waals surface area contributed by atoms with Crippen LogP contribution in [0.5, 0.6) is 0 Å². The van der Waals surface area contributed by atoms with Gasteiger partial charge in [-0.15, -0.1) is 0 Å². The number of aryl methyl sites for hydroxylation is 2. The third-order valence-electron chi connectivity index (χ3n) is 9.21. The molecule has 2 saturated carbocycles. The van der Waals surface area contributed by atoms with E-state index in [0.29, 0.717) is 17.9 Å². The van der Waals surface area contributed by atoms with Crippen molar-refractivity contribution >= 4 is 11.6 Å². The highest BCUT2D eigenvalue weighted by Gasteiger charge is 2.25. The van der Waals surface area contributed by atoms with Gasteiger partial charge < -0.3 is 0 Å². The Balaban J connectivity index is 1.14. The quantitative estimate of drug-likeness (QED) is 0.206. The van der Waals surface area contributed by atoms with Gasteiger partial charge in [-0.25, -0.2) is 8.78 Å². The van der Waals surface area contributed by atoms with Crippen LogP contribution in [0.25, 0.3) is 0 Å². The monoisotopic (exact) mass is 514 g/mol. The van der Waals surface area contributed by atoms with E-state index < -0.39 is 16.7 Å².